The van der Waals surface area contributed by atoms with Gasteiger partial charge in [-0.15, -0.1) is 0 Å². The summed E-state index contributed by atoms with van der Waals surface area (Å²) in [4.78, 5) is 32.6. The first-order valence-electron chi connectivity index (χ1n) is 6.01. The molecule has 0 amide bonds. The minimum absolute atomic E-state index is 0.269. The van der Waals surface area contributed by atoms with Gasteiger partial charge in [-0.2, -0.15) is 0 Å². The smallest absolute Gasteiger partial charge is 0.329 e. The van der Waals surface area contributed by atoms with Gasteiger partial charge in [0.1, 0.15) is 4.70 Å². The van der Waals surface area contributed by atoms with Gasteiger partial charge in [-0.3, -0.25) is 14.3 Å². The van der Waals surface area contributed by atoms with Crippen LogP contribution in [0.3, 0.4) is 0 Å². The fraction of sp³-hybridized carbons (Fsp3) is 0.545. The molecule has 3 rings (SSSR count). The van der Waals surface area contributed by atoms with Gasteiger partial charge < -0.3 is 4.90 Å². The Bertz CT molecular complexity index is 693. The first-order chi connectivity index (χ1) is 8.66. The van der Waals surface area contributed by atoms with Gasteiger partial charge in [0.05, 0.1) is 0 Å². The van der Waals surface area contributed by atoms with Gasteiger partial charge in [0.2, 0.25) is 0 Å². The molecular formula is C11H14N4O2S. The lowest BCUT2D eigenvalue weighted by molar-refractivity contribution is 0.577. The van der Waals surface area contributed by atoms with Crippen molar-refractivity contribution in [2.24, 2.45) is 7.05 Å². The zero-order chi connectivity index (χ0) is 12.7. The zero-order valence-corrected chi connectivity index (χ0v) is 10.9. The van der Waals surface area contributed by atoms with Crippen molar-refractivity contribution >= 4 is 26.8 Å². The Hall–Kier alpha value is -1.63. The standard InChI is InChI=1S/C11H14N4O2S/c1-14-9(16)7-8(12-10(14)17)13-11(18-7)15-5-3-2-4-6-15/h2-6H2,1H3,(H,12,17). The van der Waals surface area contributed by atoms with Crippen molar-refractivity contribution in [1.29, 1.82) is 0 Å². The predicted molar refractivity (Wildman–Crippen MR) is 71.5 cm³/mol. The van der Waals surface area contributed by atoms with Gasteiger partial charge in [0, 0.05) is 20.1 Å². The van der Waals surface area contributed by atoms with E-state index in [0.29, 0.717) is 10.3 Å². The highest BCUT2D eigenvalue weighted by atomic mass is 32.1. The molecular weight excluding hydrogens is 252 g/mol. The highest BCUT2D eigenvalue weighted by molar-refractivity contribution is 7.22. The average Bonchev–Trinajstić information content (AvgIpc) is 2.81. The Morgan fingerprint density at radius 2 is 1.94 bits per heavy atom. The maximum absolute atomic E-state index is 11.9. The van der Waals surface area contributed by atoms with E-state index in [9.17, 15) is 9.59 Å². The summed E-state index contributed by atoms with van der Waals surface area (Å²) in [5.41, 5.74) is -0.272. The van der Waals surface area contributed by atoms with E-state index in [1.807, 2.05) is 0 Å². The molecule has 96 valence electrons. The third kappa shape index (κ3) is 1.74. The molecule has 7 heteroatoms. The molecule has 1 saturated heterocycles. The lowest BCUT2D eigenvalue weighted by Gasteiger charge is -2.25. The monoisotopic (exact) mass is 266 g/mol. The maximum atomic E-state index is 11.9. The largest absolute Gasteiger partial charge is 0.348 e. The number of aromatic nitrogens is 3. The zero-order valence-electron chi connectivity index (χ0n) is 10.1. The minimum Gasteiger partial charge on any atom is -0.348 e. The summed E-state index contributed by atoms with van der Waals surface area (Å²) in [6.45, 7) is 1.95. The van der Waals surface area contributed by atoms with Gasteiger partial charge in [0.15, 0.2) is 10.8 Å². The summed E-state index contributed by atoms with van der Waals surface area (Å²) in [6.07, 6.45) is 3.56. The lowest BCUT2D eigenvalue weighted by Crippen LogP contribution is -2.31. The number of thiazole rings is 1. The van der Waals surface area contributed by atoms with Crippen molar-refractivity contribution in [1.82, 2.24) is 14.5 Å². The van der Waals surface area contributed by atoms with Crippen LogP contribution in [0.25, 0.3) is 10.3 Å². The second-order valence-corrected chi connectivity index (χ2v) is 5.49. The molecule has 1 fully saturated rings. The van der Waals surface area contributed by atoms with E-state index >= 15 is 0 Å². The van der Waals surface area contributed by atoms with Crippen molar-refractivity contribution in [3.63, 3.8) is 0 Å². The van der Waals surface area contributed by atoms with Crippen LogP contribution in [0.1, 0.15) is 19.3 Å². The molecule has 0 saturated carbocycles. The Morgan fingerprint density at radius 3 is 2.67 bits per heavy atom. The number of hydrogen-bond acceptors (Lipinski definition) is 5. The number of piperidine rings is 1. The van der Waals surface area contributed by atoms with Gasteiger partial charge >= 0.3 is 5.69 Å². The SMILES string of the molecule is Cn1c(=O)[nH]c2nc(N3CCCCC3)sc2c1=O. The number of fused-ring (bicyclic) bond motifs is 1. The van der Waals surface area contributed by atoms with E-state index in [4.69, 9.17) is 0 Å². The number of nitrogens with zero attached hydrogens (tertiary/aromatic N) is 3. The molecule has 0 aliphatic carbocycles. The number of H-pyrrole nitrogens is 1. The van der Waals surface area contributed by atoms with Crippen LogP contribution in [-0.4, -0.2) is 27.6 Å². The maximum Gasteiger partial charge on any atom is 0.329 e. The minimum atomic E-state index is -0.414. The predicted octanol–water partition coefficient (Wildman–Crippen LogP) is 0.674. The quantitative estimate of drug-likeness (QED) is 0.823. The van der Waals surface area contributed by atoms with Gasteiger partial charge in [-0.25, -0.2) is 9.78 Å². The van der Waals surface area contributed by atoms with Gasteiger partial charge in [-0.05, 0) is 19.3 Å². The first kappa shape index (κ1) is 11.5. The van der Waals surface area contributed by atoms with Crippen LogP contribution in [0.5, 0.6) is 0 Å². The molecule has 0 spiro atoms. The van der Waals surface area contributed by atoms with Crippen LogP contribution in [0.2, 0.25) is 0 Å². The number of hydrogen-bond donors (Lipinski definition) is 1. The molecule has 6 nitrogen and oxygen atoms in total. The Labute approximate surface area is 107 Å². The summed E-state index contributed by atoms with van der Waals surface area (Å²) < 4.78 is 1.61. The molecule has 0 radical (unpaired) electrons. The van der Waals surface area contributed by atoms with E-state index in [-0.39, 0.29) is 5.56 Å². The van der Waals surface area contributed by atoms with Crippen LogP contribution in [0, 0.1) is 0 Å². The summed E-state index contributed by atoms with van der Waals surface area (Å²) >= 11 is 1.36. The van der Waals surface area contributed by atoms with Gasteiger partial charge in [-0.1, -0.05) is 11.3 Å². The normalized spacial score (nSPS) is 16.4. The van der Waals surface area contributed by atoms with Crippen molar-refractivity contribution in [2.75, 3.05) is 18.0 Å². The molecule has 1 aliphatic rings. The highest BCUT2D eigenvalue weighted by Crippen LogP contribution is 2.27. The van der Waals surface area contributed by atoms with Crippen LogP contribution in [-0.2, 0) is 7.05 Å². The fourth-order valence-corrected chi connectivity index (χ4v) is 3.24. The number of rotatable bonds is 1. The second-order valence-electron chi connectivity index (χ2n) is 4.52. The van der Waals surface area contributed by atoms with Crippen molar-refractivity contribution < 1.29 is 0 Å². The number of anilines is 1. The Balaban J connectivity index is 2.13. The summed E-state index contributed by atoms with van der Waals surface area (Å²) in [5.74, 6) is 0. The summed E-state index contributed by atoms with van der Waals surface area (Å²) in [7, 11) is 1.47. The third-order valence-corrected chi connectivity index (χ3v) is 4.38. The van der Waals surface area contributed by atoms with E-state index in [0.717, 1.165) is 35.6 Å². The van der Waals surface area contributed by atoms with Crippen LogP contribution in [0.15, 0.2) is 9.59 Å². The lowest BCUT2D eigenvalue weighted by atomic mass is 10.1. The van der Waals surface area contributed by atoms with Crippen LogP contribution >= 0.6 is 11.3 Å². The third-order valence-electron chi connectivity index (χ3n) is 3.27. The van der Waals surface area contributed by atoms with Crippen molar-refractivity contribution in [3.05, 3.63) is 20.8 Å². The molecule has 1 aliphatic heterocycles. The van der Waals surface area contributed by atoms with Gasteiger partial charge in [0.25, 0.3) is 5.56 Å². The fourth-order valence-electron chi connectivity index (χ4n) is 2.19. The van der Waals surface area contributed by atoms with Crippen LogP contribution < -0.4 is 16.1 Å². The number of aromatic amines is 1. The first-order valence-corrected chi connectivity index (χ1v) is 6.83. The topological polar surface area (TPSA) is 71.0 Å². The molecule has 0 unspecified atom stereocenters. The summed E-state index contributed by atoms with van der Waals surface area (Å²) in [5, 5.41) is 0.837. The van der Waals surface area contributed by atoms with E-state index in [2.05, 4.69) is 14.9 Å². The molecule has 3 heterocycles. The average molecular weight is 266 g/mol. The molecule has 0 atom stereocenters. The van der Waals surface area contributed by atoms with E-state index < -0.39 is 5.69 Å². The number of nitrogens with one attached hydrogen (secondary N) is 1. The Morgan fingerprint density at radius 1 is 1.22 bits per heavy atom. The Kier molecular flexibility index (Phi) is 2.70. The second kappa shape index (κ2) is 4.24. The molecule has 0 aromatic carbocycles. The van der Waals surface area contributed by atoms with Crippen LogP contribution in [0.4, 0.5) is 5.13 Å². The molecule has 18 heavy (non-hydrogen) atoms. The summed E-state index contributed by atoms with van der Waals surface area (Å²) in [6, 6.07) is 0. The molecule has 1 N–H and O–H groups in total. The highest BCUT2D eigenvalue weighted by Gasteiger charge is 2.17. The van der Waals surface area contributed by atoms with Crippen molar-refractivity contribution in [2.45, 2.75) is 19.3 Å². The van der Waals surface area contributed by atoms with E-state index in [1.54, 1.807) is 0 Å². The van der Waals surface area contributed by atoms with E-state index in [1.165, 1.54) is 24.8 Å². The molecule has 0 bridgehead atoms. The molecule has 2 aromatic heterocycles. The molecule has 2 aromatic rings. The van der Waals surface area contributed by atoms with Crippen molar-refractivity contribution in [3.8, 4) is 0 Å².